The highest BCUT2D eigenvalue weighted by Gasteiger charge is 2.52. The van der Waals surface area contributed by atoms with E-state index in [0.29, 0.717) is 43.4 Å². The van der Waals surface area contributed by atoms with Crippen LogP contribution in [-0.4, -0.2) is 48.1 Å². The summed E-state index contributed by atoms with van der Waals surface area (Å²) in [5.41, 5.74) is -0.602. The third kappa shape index (κ3) is 4.77. The summed E-state index contributed by atoms with van der Waals surface area (Å²) in [6.07, 6.45) is 9.95. The molecule has 190 valence electrons. The Labute approximate surface area is 205 Å². The fourth-order valence-corrected chi connectivity index (χ4v) is 5.87. The van der Waals surface area contributed by atoms with Gasteiger partial charge in [-0.3, -0.25) is 4.98 Å². The number of rotatable bonds is 4. The molecule has 2 aliphatic carbocycles. The highest BCUT2D eigenvalue weighted by molar-refractivity contribution is 5.69. The molecular weight excluding hydrogens is 451 g/mol. The van der Waals surface area contributed by atoms with Crippen molar-refractivity contribution in [3.63, 3.8) is 0 Å². The lowest BCUT2D eigenvalue weighted by Crippen LogP contribution is -2.63. The Bertz CT molecular complexity index is 1140. The van der Waals surface area contributed by atoms with Crippen LogP contribution in [0.5, 0.6) is 0 Å². The summed E-state index contributed by atoms with van der Waals surface area (Å²) in [7, 11) is 1.65. The predicted octanol–water partition coefficient (Wildman–Crippen LogP) is 3.54. The number of amides is 1. The number of aromatic nitrogens is 1. The lowest BCUT2D eigenvalue weighted by Gasteiger charge is -2.54. The molecule has 3 fully saturated rings. The Morgan fingerprint density at radius 3 is 2.66 bits per heavy atom. The van der Waals surface area contributed by atoms with Gasteiger partial charge >= 0.3 is 6.09 Å². The van der Waals surface area contributed by atoms with Crippen molar-refractivity contribution in [2.45, 2.75) is 88.4 Å². The van der Waals surface area contributed by atoms with E-state index in [4.69, 9.17) is 18.9 Å². The SMILES string of the molecule is COC1=CC=c2ncc(F)c3c2=C(CC1)OCC3CC12CCC(NC(=O)OC(C)(C)C)(CC1)CO2. The van der Waals surface area contributed by atoms with Crippen molar-refractivity contribution in [2.24, 2.45) is 0 Å². The van der Waals surface area contributed by atoms with Crippen LogP contribution in [-0.2, 0) is 18.9 Å². The van der Waals surface area contributed by atoms with Gasteiger partial charge in [0, 0.05) is 29.5 Å². The molecule has 1 atom stereocenters. The smallest absolute Gasteiger partial charge is 0.408 e. The van der Waals surface area contributed by atoms with Gasteiger partial charge in [-0.25, -0.2) is 9.18 Å². The summed E-state index contributed by atoms with van der Waals surface area (Å²) < 4.78 is 38.8. The second-order valence-corrected chi connectivity index (χ2v) is 11.3. The van der Waals surface area contributed by atoms with E-state index >= 15 is 4.39 Å². The number of fused-ring (bicyclic) bond motifs is 3. The molecule has 5 aliphatic rings. The summed E-state index contributed by atoms with van der Waals surface area (Å²) >= 11 is 0. The van der Waals surface area contributed by atoms with Crippen molar-refractivity contribution in [3.05, 3.63) is 40.0 Å². The van der Waals surface area contributed by atoms with Gasteiger partial charge in [-0.1, -0.05) is 0 Å². The third-order valence-corrected chi connectivity index (χ3v) is 7.69. The standard InChI is InChI=1S/C27H35FN2O5/c1-25(2,3)35-24(31)30-26-9-11-27(12-10-26,34-16-26)13-17-15-33-21-8-6-18(32-4)5-7-20-23(21)22(17)19(28)14-29-20/h5,7,14,17H,6,8-13,15-16H2,1-4H3,(H,30,31). The molecule has 35 heavy (non-hydrogen) atoms. The summed E-state index contributed by atoms with van der Waals surface area (Å²) in [6.45, 7) is 6.42. The Morgan fingerprint density at radius 2 is 2.00 bits per heavy atom. The number of carbonyl (C=O) groups excluding carboxylic acids is 1. The normalized spacial score (nSPS) is 29.6. The topological polar surface area (TPSA) is 78.9 Å². The van der Waals surface area contributed by atoms with Crippen LogP contribution in [0.3, 0.4) is 0 Å². The molecule has 2 bridgehead atoms. The lowest BCUT2D eigenvalue weighted by molar-refractivity contribution is -0.168. The maximum atomic E-state index is 15.3. The fraction of sp³-hybridized carbons (Fsp3) is 0.630. The molecule has 0 aromatic carbocycles. The van der Waals surface area contributed by atoms with E-state index in [1.807, 2.05) is 32.9 Å². The molecule has 8 heteroatoms. The zero-order valence-electron chi connectivity index (χ0n) is 21.0. The number of hydrogen-bond acceptors (Lipinski definition) is 6. The minimum Gasteiger partial charge on any atom is -0.501 e. The second-order valence-electron chi connectivity index (χ2n) is 11.3. The van der Waals surface area contributed by atoms with Crippen molar-refractivity contribution >= 4 is 17.9 Å². The summed E-state index contributed by atoms with van der Waals surface area (Å²) in [6, 6.07) is 0. The first-order valence-corrected chi connectivity index (χ1v) is 12.5. The van der Waals surface area contributed by atoms with E-state index < -0.39 is 17.2 Å². The highest BCUT2D eigenvalue weighted by Crippen LogP contribution is 2.48. The first kappa shape index (κ1) is 24.1. The number of halogens is 1. The minimum absolute atomic E-state index is 0.126. The van der Waals surface area contributed by atoms with Crippen molar-refractivity contribution < 1.29 is 28.1 Å². The van der Waals surface area contributed by atoms with Crippen LogP contribution < -0.4 is 15.9 Å². The Balaban J connectivity index is 1.37. The predicted molar refractivity (Wildman–Crippen MR) is 128 cm³/mol. The molecule has 1 unspecified atom stereocenters. The van der Waals surface area contributed by atoms with E-state index in [-0.39, 0.29) is 17.3 Å². The first-order chi connectivity index (χ1) is 16.6. The van der Waals surface area contributed by atoms with E-state index in [2.05, 4.69) is 10.3 Å². The molecule has 7 nitrogen and oxygen atoms in total. The van der Waals surface area contributed by atoms with Crippen molar-refractivity contribution in [1.29, 1.82) is 0 Å². The number of allylic oxidation sites excluding steroid dienone is 2. The number of carbonyl (C=O) groups is 1. The number of pyridine rings is 1. The number of nitrogens with one attached hydrogen (secondary N) is 1. The van der Waals surface area contributed by atoms with Crippen LogP contribution in [0.4, 0.5) is 9.18 Å². The van der Waals surface area contributed by atoms with Crippen molar-refractivity contribution in [3.8, 4) is 0 Å². The van der Waals surface area contributed by atoms with Crippen LogP contribution in [0.25, 0.3) is 11.8 Å². The third-order valence-electron chi connectivity index (χ3n) is 7.69. The zero-order valence-corrected chi connectivity index (χ0v) is 21.0. The van der Waals surface area contributed by atoms with Gasteiger partial charge < -0.3 is 24.3 Å². The van der Waals surface area contributed by atoms with Crippen molar-refractivity contribution in [2.75, 3.05) is 20.3 Å². The molecule has 1 aromatic rings. The van der Waals surface area contributed by atoms with E-state index in [0.717, 1.165) is 42.4 Å². The lowest BCUT2D eigenvalue weighted by atomic mass is 9.67. The monoisotopic (exact) mass is 486 g/mol. The van der Waals surface area contributed by atoms with E-state index in [1.165, 1.54) is 6.20 Å². The largest absolute Gasteiger partial charge is 0.501 e. The molecule has 1 aromatic heterocycles. The molecule has 3 aliphatic heterocycles. The van der Waals surface area contributed by atoms with Gasteiger partial charge in [0.2, 0.25) is 0 Å². The molecule has 4 heterocycles. The quantitative estimate of drug-likeness (QED) is 0.702. The number of alkyl carbamates (subject to hydrolysis) is 1. The molecular formula is C27H35FN2O5. The molecule has 0 radical (unpaired) electrons. The first-order valence-electron chi connectivity index (χ1n) is 12.5. The van der Waals surface area contributed by atoms with Crippen LogP contribution in [0.1, 0.15) is 77.2 Å². The summed E-state index contributed by atoms with van der Waals surface area (Å²) in [5, 5.41) is 4.57. The molecule has 1 N–H and O–H groups in total. The van der Waals surface area contributed by atoms with Gasteiger partial charge in [-0.05, 0) is 65.0 Å². The molecule has 1 amide bonds. The molecule has 6 rings (SSSR count). The van der Waals surface area contributed by atoms with E-state index in [1.54, 1.807) is 7.11 Å². The molecule has 2 saturated heterocycles. The fourth-order valence-electron chi connectivity index (χ4n) is 5.87. The van der Waals surface area contributed by atoms with Gasteiger partial charge in [-0.2, -0.15) is 0 Å². The van der Waals surface area contributed by atoms with Crippen LogP contribution in [0, 0.1) is 5.82 Å². The number of nitrogens with zero attached hydrogens (tertiary/aromatic N) is 1. The van der Waals surface area contributed by atoms with Crippen molar-refractivity contribution in [1.82, 2.24) is 10.3 Å². The van der Waals surface area contributed by atoms with Crippen LogP contribution in [0.15, 0.2) is 18.0 Å². The van der Waals surface area contributed by atoms with Crippen LogP contribution in [0.2, 0.25) is 0 Å². The molecule has 0 spiro atoms. The maximum absolute atomic E-state index is 15.3. The van der Waals surface area contributed by atoms with Crippen LogP contribution >= 0.6 is 0 Å². The Hall–Kier alpha value is -2.61. The summed E-state index contributed by atoms with van der Waals surface area (Å²) in [4.78, 5) is 16.8. The van der Waals surface area contributed by atoms with Gasteiger partial charge in [0.05, 0.1) is 48.8 Å². The highest BCUT2D eigenvalue weighted by atomic mass is 19.1. The average Bonchev–Trinajstić information content (AvgIpc) is 2.79. The van der Waals surface area contributed by atoms with Gasteiger partial charge in [0.15, 0.2) is 0 Å². The van der Waals surface area contributed by atoms with E-state index in [9.17, 15) is 4.79 Å². The number of methoxy groups -OCH3 is 1. The average molecular weight is 487 g/mol. The number of hydrogen-bond donors (Lipinski definition) is 1. The van der Waals surface area contributed by atoms with Gasteiger partial charge in [0.1, 0.15) is 17.2 Å². The van der Waals surface area contributed by atoms with Gasteiger partial charge in [0.25, 0.3) is 0 Å². The Morgan fingerprint density at radius 1 is 1.23 bits per heavy atom. The summed E-state index contributed by atoms with van der Waals surface area (Å²) in [5.74, 6) is 1.22. The zero-order chi connectivity index (χ0) is 24.8. The van der Waals surface area contributed by atoms with Gasteiger partial charge in [-0.15, -0.1) is 0 Å². The maximum Gasteiger partial charge on any atom is 0.408 e. The molecule has 1 saturated carbocycles. The second kappa shape index (κ2) is 8.80. The minimum atomic E-state index is -0.546. The Kier molecular flexibility index (Phi) is 6.06. The number of ether oxygens (including phenoxy) is 4.